The molecule has 4 nitrogen and oxygen atoms in total. The Balaban J connectivity index is 1.67. The van der Waals surface area contributed by atoms with Gasteiger partial charge < -0.3 is 15.0 Å². The van der Waals surface area contributed by atoms with Gasteiger partial charge in [0.1, 0.15) is 5.75 Å². The van der Waals surface area contributed by atoms with Crippen molar-refractivity contribution in [3.63, 3.8) is 0 Å². The van der Waals surface area contributed by atoms with E-state index >= 15 is 0 Å². The van der Waals surface area contributed by atoms with Gasteiger partial charge >= 0.3 is 0 Å². The molecule has 1 heterocycles. The summed E-state index contributed by atoms with van der Waals surface area (Å²) in [5.41, 5.74) is 0.910. The van der Waals surface area contributed by atoms with E-state index in [0.29, 0.717) is 0 Å². The number of rotatable bonds is 7. The maximum Gasteiger partial charge on any atom is 0.244 e. The lowest BCUT2D eigenvalue weighted by Crippen LogP contribution is -2.36. The summed E-state index contributed by atoms with van der Waals surface area (Å²) in [6.45, 7) is 6.51. The first-order valence-electron chi connectivity index (χ1n) is 8.50. The number of carbonyl (C=O) groups is 1. The van der Waals surface area contributed by atoms with Crippen LogP contribution in [0.25, 0.3) is 6.08 Å². The zero-order valence-electron chi connectivity index (χ0n) is 14.3. The zero-order valence-corrected chi connectivity index (χ0v) is 14.3. The van der Waals surface area contributed by atoms with Crippen molar-refractivity contribution in [2.45, 2.75) is 26.2 Å². The van der Waals surface area contributed by atoms with E-state index in [2.05, 4.69) is 17.1 Å². The molecule has 2 rings (SSSR count). The van der Waals surface area contributed by atoms with E-state index in [1.807, 2.05) is 24.3 Å². The van der Waals surface area contributed by atoms with Gasteiger partial charge in [0.15, 0.2) is 0 Å². The summed E-state index contributed by atoms with van der Waals surface area (Å²) in [5, 5.41) is 2.95. The second-order valence-electron chi connectivity index (χ2n) is 6.27. The second kappa shape index (κ2) is 9.36. The van der Waals surface area contributed by atoms with Crippen LogP contribution in [0.4, 0.5) is 0 Å². The molecule has 1 aromatic rings. The third-order valence-electron chi connectivity index (χ3n) is 4.24. The summed E-state index contributed by atoms with van der Waals surface area (Å²) in [5.74, 6) is 1.53. The molecule has 0 unspecified atom stereocenters. The highest BCUT2D eigenvalue weighted by Gasteiger charge is 2.15. The Morgan fingerprint density at radius 1 is 1.43 bits per heavy atom. The highest BCUT2D eigenvalue weighted by atomic mass is 16.5. The minimum absolute atomic E-state index is 0.0529. The minimum Gasteiger partial charge on any atom is -0.496 e. The molecule has 1 saturated heterocycles. The molecule has 0 bridgehead atoms. The van der Waals surface area contributed by atoms with Gasteiger partial charge in [-0.25, -0.2) is 0 Å². The molecule has 0 radical (unpaired) electrons. The fourth-order valence-electron chi connectivity index (χ4n) is 3.03. The molecule has 0 spiro atoms. The standard InChI is InChI=1S/C19H28N2O2/c1-16-7-5-13-21(15-16)14-6-12-20-19(22)11-10-17-8-3-4-9-18(17)23-2/h3-4,8-11,16H,5-7,12-15H2,1-2H3,(H,20,22)/b11-10+/t16-/m1/s1. The molecule has 23 heavy (non-hydrogen) atoms. The number of hydrogen-bond acceptors (Lipinski definition) is 3. The number of amides is 1. The van der Waals surface area contributed by atoms with Crippen LogP contribution >= 0.6 is 0 Å². The van der Waals surface area contributed by atoms with E-state index in [4.69, 9.17) is 4.74 Å². The first kappa shape index (κ1) is 17.5. The first-order valence-corrected chi connectivity index (χ1v) is 8.50. The van der Waals surface area contributed by atoms with Gasteiger partial charge in [-0.15, -0.1) is 0 Å². The molecule has 1 aliphatic heterocycles. The molecule has 1 aromatic carbocycles. The molecule has 1 aliphatic rings. The number of hydrogen-bond donors (Lipinski definition) is 1. The predicted molar refractivity (Wildman–Crippen MR) is 94.5 cm³/mol. The fourth-order valence-corrected chi connectivity index (χ4v) is 3.03. The van der Waals surface area contributed by atoms with Crippen LogP contribution in [-0.4, -0.2) is 44.1 Å². The van der Waals surface area contributed by atoms with Crippen LogP contribution in [-0.2, 0) is 4.79 Å². The quantitative estimate of drug-likeness (QED) is 0.621. The number of likely N-dealkylation sites (tertiary alicyclic amines) is 1. The molecule has 1 fully saturated rings. The second-order valence-corrected chi connectivity index (χ2v) is 6.27. The van der Waals surface area contributed by atoms with Crippen molar-refractivity contribution in [3.8, 4) is 5.75 Å². The van der Waals surface area contributed by atoms with Gasteiger partial charge in [-0.1, -0.05) is 25.1 Å². The van der Waals surface area contributed by atoms with Crippen molar-refractivity contribution < 1.29 is 9.53 Å². The average molecular weight is 316 g/mol. The van der Waals surface area contributed by atoms with Gasteiger partial charge in [0.25, 0.3) is 0 Å². The maximum atomic E-state index is 11.9. The number of carbonyl (C=O) groups excluding carboxylic acids is 1. The summed E-state index contributed by atoms with van der Waals surface area (Å²) in [7, 11) is 1.63. The Hall–Kier alpha value is -1.81. The van der Waals surface area contributed by atoms with Crippen LogP contribution in [0.5, 0.6) is 5.75 Å². The van der Waals surface area contributed by atoms with Crippen molar-refractivity contribution >= 4 is 12.0 Å². The zero-order chi connectivity index (χ0) is 16.5. The highest BCUT2D eigenvalue weighted by molar-refractivity contribution is 5.92. The largest absolute Gasteiger partial charge is 0.496 e. The molecule has 0 saturated carbocycles. The summed E-state index contributed by atoms with van der Waals surface area (Å²) in [6.07, 6.45) is 7.01. The third-order valence-corrected chi connectivity index (χ3v) is 4.24. The van der Waals surface area contributed by atoms with Gasteiger partial charge in [0.05, 0.1) is 7.11 Å². The van der Waals surface area contributed by atoms with Gasteiger partial charge in [-0.05, 0) is 50.4 Å². The Morgan fingerprint density at radius 2 is 2.26 bits per heavy atom. The Kier molecular flexibility index (Phi) is 7.14. The van der Waals surface area contributed by atoms with Crippen LogP contribution < -0.4 is 10.1 Å². The fraction of sp³-hybridized carbons (Fsp3) is 0.526. The van der Waals surface area contributed by atoms with E-state index in [-0.39, 0.29) is 5.91 Å². The predicted octanol–water partition coefficient (Wildman–Crippen LogP) is 2.95. The number of para-hydroxylation sites is 1. The number of nitrogens with one attached hydrogen (secondary N) is 1. The van der Waals surface area contributed by atoms with Crippen LogP contribution in [0.1, 0.15) is 31.7 Å². The number of piperidine rings is 1. The summed E-state index contributed by atoms with van der Waals surface area (Å²) in [4.78, 5) is 14.4. The molecule has 1 N–H and O–H groups in total. The SMILES string of the molecule is COc1ccccc1/C=C/C(=O)NCCCN1CCC[C@@H](C)C1. The Labute approximate surface area is 139 Å². The molecular weight excluding hydrogens is 288 g/mol. The molecular formula is C19H28N2O2. The molecule has 1 amide bonds. The van der Waals surface area contributed by atoms with E-state index in [0.717, 1.165) is 36.7 Å². The lowest BCUT2D eigenvalue weighted by atomic mass is 10.0. The molecule has 0 aromatic heterocycles. The maximum absolute atomic E-state index is 11.9. The highest BCUT2D eigenvalue weighted by Crippen LogP contribution is 2.18. The first-order chi connectivity index (χ1) is 11.2. The van der Waals surface area contributed by atoms with Gasteiger partial charge in [-0.2, -0.15) is 0 Å². The summed E-state index contributed by atoms with van der Waals surface area (Å²) < 4.78 is 5.26. The minimum atomic E-state index is -0.0529. The normalized spacial score (nSPS) is 19.0. The number of methoxy groups -OCH3 is 1. The van der Waals surface area contributed by atoms with Crippen LogP contribution in [0.2, 0.25) is 0 Å². The number of nitrogens with zero attached hydrogens (tertiary/aromatic N) is 1. The monoisotopic (exact) mass is 316 g/mol. The van der Waals surface area contributed by atoms with Crippen molar-refractivity contribution in [1.29, 1.82) is 0 Å². The molecule has 0 aliphatic carbocycles. The Morgan fingerprint density at radius 3 is 3.04 bits per heavy atom. The van der Waals surface area contributed by atoms with Gasteiger partial charge in [0.2, 0.25) is 5.91 Å². The van der Waals surface area contributed by atoms with Crippen molar-refractivity contribution in [2.24, 2.45) is 5.92 Å². The number of ether oxygens (including phenoxy) is 1. The Bertz CT molecular complexity index is 528. The average Bonchev–Trinajstić information content (AvgIpc) is 2.57. The molecule has 126 valence electrons. The van der Waals surface area contributed by atoms with Crippen molar-refractivity contribution in [1.82, 2.24) is 10.2 Å². The van der Waals surface area contributed by atoms with E-state index in [1.54, 1.807) is 19.3 Å². The smallest absolute Gasteiger partial charge is 0.244 e. The van der Waals surface area contributed by atoms with Crippen LogP contribution in [0.3, 0.4) is 0 Å². The molecule has 1 atom stereocenters. The van der Waals surface area contributed by atoms with Gasteiger partial charge in [-0.3, -0.25) is 4.79 Å². The van der Waals surface area contributed by atoms with Crippen molar-refractivity contribution in [3.05, 3.63) is 35.9 Å². The summed E-state index contributed by atoms with van der Waals surface area (Å²) >= 11 is 0. The molecule has 4 heteroatoms. The van der Waals surface area contributed by atoms with E-state index in [1.165, 1.54) is 25.9 Å². The van der Waals surface area contributed by atoms with E-state index in [9.17, 15) is 4.79 Å². The lowest BCUT2D eigenvalue weighted by Gasteiger charge is -2.30. The van der Waals surface area contributed by atoms with Crippen molar-refractivity contribution in [2.75, 3.05) is 33.3 Å². The van der Waals surface area contributed by atoms with Gasteiger partial charge in [0, 0.05) is 24.7 Å². The van der Waals surface area contributed by atoms with Crippen LogP contribution in [0, 0.1) is 5.92 Å². The lowest BCUT2D eigenvalue weighted by molar-refractivity contribution is -0.116. The third kappa shape index (κ3) is 6.06. The number of benzene rings is 1. The van der Waals surface area contributed by atoms with E-state index < -0.39 is 0 Å². The van der Waals surface area contributed by atoms with Crippen LogP contribution in [0.15, 0.2) is 30.3 Å². The topological polar surface area (TPSA) is 41.6 Å². The summed E-state index contributed by atoms with van der Waals surface area (Å²) in [6, 6.07) is 7.66.